The molecular formula is C16H23Cl2NO. The van der Waals surface area contributed by atoms with E-state index in [1.807, 2.05) is 18.2 Å². The highest BCUT2D eigenvalue weighted by Gasteiger charge is 2.23. The molecule has 0 amide bonds. The molecule has 2 rings (SSSR count). The molecule has 1 aliphatic carbocycles. The molecule has 1 aromatic carbocycles. The number of aliphatic hydroxyl groups excluding tert-OH is 1. The second-order valence-electron chi connectivity index (χ2n) is 5.65. The van der Waals surface area contributed by atoms with Gasteiger partial charge in [0.1, 0.15) is 0 Å². The molecule has 3 unspecified atom stereocenters. The molecule has 1 aromatic rings. The predicted octanol–water partition coefficient (Wildman–Crippen LogP) is 4.59. The van der Waals surface area contributed by atoms with E-state index in [-0.39, 0.29) is 12.1 Å². The highest BCUT2D eigenvalue weighted by atomic mass is 35.5. The number of nitrogens with one attached hydrogen (secondary N) is 1. The van der Waals surface area contributed by atoms with Crippen molar-refractivity contribution in [3.63, 3.8) is 0 Å². The van der Waals surface area contributed by atoms with E-state index in [1.165, 1.54) is 6.42 Å². The van der Waals surface area contributed by atoms with E-state index in [0.717, 1.165) is 37.8 Å². The Morgan fingerprint density at radius 1 is 1.25 bits per heavy atom. The van der Waals surface area contributed by atoms with Crippen molar-refractivity contribution in [1.29, 1.82) is 0 Å². The van der Waals surface area contributed by atoms with Crippen LogP contribution in [0.2, 0.25) is 10.0 Å². The number of benzene rings is 1. The van der Waals surface area contributed by atoms with Crippen molar-refractivity contribution in [3.8, 4) is 0 Å². The third kappa shape index (κ3) is 4.11. The summed E-state index contributed by atoms with van der Waals surface area (Å²) in [4.78, 5) is 0. The van der Waals surface area contributed by atoms with Crippen LogP contribution in [0.1, 0.15) is 50.6 Å². The van der Waals surface area contributed by atoms with Crippen LogP contribution in [-0.4, -0.2) is 17.8 Å². The van der Waals surface area contributed by atoms with Crippen molar-refractivity contribution < 1.29 is 5.11 Å². The normalized spacial score (nSPS) is 24.6. The monoisotopic (exact) mass is 315 g/mol. The minimum absolute atomic E-state index is 0.150. The van der Waals surface area contributed by atoms with Crippen LogP contribution in [0, 0.1) is 5.92 Å². The standard InChI is InChI=1S/C16H23Cl2NO/c1-2-15(11-7-8-13(17)14(18)9-11)19-10-12-5-3-4-6-16(12)20/h7-9,12,15-16,19-20H,2-6,10H2,1H3. The van der Waals surface area contributed by atoms with E-state index in [4.69, 9.17) is 23.2 Å². The molecule has 0 spiro atoms. The molecule has 1 saturated carbocycles. The van der Waals surface area contributed by atoms with Crippen LogP contribution in [0.25, 0.3) is 0 Å². The molecule has 0 saturated heterocycles. The molecule has 0 aromatic heterocycles. The summed E-state index contributed by atoms with van der Waals surface area (Å²) in [6.45, 7) is 3.01. The van der Waals surface area contributed by atoms with Crippen LogP contribution in [0.3, 0.4) is 0 Å². The van der Waals surface area contributed by atoms with Gasteiger partial charge in [0.25, 0.3) is 0 Å². The molecule has 2 nitrogen and oxygen atoms in total. The highest BCUT2D eigenvalue weighted by Crippen LogP contribution is 2.28. The molecule has 0 radical (unpaired) electrons. The molecule has 0 bridgehead atoms. The largest absolute Gasteiger partial charge is 0.393 e. The SMILES string of the molecule is CCC(NCC1CCCCC1O)c1ccc(Cl)c(Cl)c1. The first kappa shape index (κ1) is 16.1. The average Bonchev–Trinajstić information content (AvgIpc) is 2.45. The van der Waals surface area contributed by atoms with E-state index in [0.29, 0.717) is 16.0 Å². The molecular weight excluding hydrogens is 293 g/mol. The Hall–Kier alpha value is -0.280. The van der Waals surface area contributed by atoms with E-state index in [9.17, 15) is 5.11 Å². The zero-order valence-electron chi connectivity index (χ0n) is 11.9. The van der Waals surface area contributed by atoms with E-state index >= 15 is 0 Å². The van der Waals surface area contributed by atoms with Crippen LogP contribution in [0.15, 0.2) is 18.2 Å². The first-order valence-corrected chi connectivity index (χ1v) is 8.23. The molecule has 3 atom stereocenters. The molecule has 0 heterocycles. The van der Waals surface area contributed by atoms with Gasteiger partial charge in [0.05, 0.1) is 16.1 Å². The van der Waals surface area contributed by atoms with Crippen LogP contribution in [-0.2, 0) is 0 Å². The quantitative estimate of drug-likeness (QED) is 0.833. The van der Waals surface area contributed by atoms with Crippen molar-refractivity contribution in [3.05, 3.63) is 33.8 Å². The van der Waals surface area contributed by atoms with Gasteiger partial charge in [-0.25, -0.2) is 0 Å². The summed E-state index contributed by atoms with van der Waals surface area (Å²) in [5, 5.41) is 14.8. The van der Waals surface area contributed by atoms with Gasteiger partial charge in [-0.2, -0.15) is 0 Å². The lowest BCUT2D eigenvalue weighted by molar-refractivity contribution is 0.0680. The Balaban J connectivity index is 1.96. The highest BCUT2D eigenvalue weighted by molar-refractivity contribution is 6.42. The number of hydrogen-bond acceptors (Lipinski definition) is 2. The van der Waals surface area contributed by atoms with Crippen LogP contribution in [0.5, 0.6) is 0 Å². The number of hydrogen-bond donors (Lipinski definition) is 2. The lowest BCUT2D eigenvalue weighted by Gasteiger charge is -2.29. The van der Waals surface area contributed by atoms with E-state index < -0.39 is 0 Å². The fourth-order valence-corrected chi connectivity index (χ4v) is 3.25. The second-order valence-corrected chi connectivity index (χ2v) is 6.47. The van der Waals surface area contributed by atoms with E-state index in [1.54, 1.807) is 0 Å². The fraction of sp³-hybridized carbons (Fsp3) is 0.625. The first-order valence-electron chi connectivity index (χ1n) is 7.48. The minimum atomic E-state index is -0.150. The number of rotatable bonds is 5. The topological polar surface area (TPSA) is 32.3 Å². The summed E-state index contributed by atoms with van der Waals surface area (Å²) in [6.07, 6.45) is 5.28. The lowest BCUT2D eigenvalue weighted by atomic mass is 9.86. The van der Waals surface area contributed by atoms with Crippen LogP contribution >= 0.6 is 23.2 Å². The second kappa shape index (κ2) is 7.65. The summed E-state index contributed by atoms with van der Waals surface area (Å²) in [5.74, 6) is 0.376. The Morgan fingerprint density at radius 3 is 2.65 bits per heavy atom. The van der Waals surface area contributed by atoms with Crippen molar-refractivity contribution in [2.45, 2.75) is 51.2 Å². The van der Waals surface area contributed by atoms with Crippen molar-refractivity contribution >= 4 is 23.2 Å². The lowest BCUT2D eigenvalue weighted by Crippen LogP contribution is -2.35. The van der Waals surface area contributed by atoms with Gasteiger partial charge < -0.3 is 10.4 Å². The smallest absolute Gasteiger partial charge is 0.0595 e. The predicted molar refractivity (Wildman–Crippen MR) is 85.5 cm³/mol. The third-order valence-corrected chi connectivity index (χ3v) is 4.99. The Kier molecular flexibility index (Phi) is 6.16. The van der Waals surface area contributed by atoms with Gasteiger partial charge in [0.15, 0.2) is 0 Å². The molecule has 2 N–H and O–H groups in total. The summed E-state index contributed by atoms with van der Waals surface area (Å²) in [7, 11) is 0. The maximum absolute atomic E-state index is 10.0. The molecule has 20 heavy (non-hydrogen) atoms. The van der Waals surface area contributed by atoms with Crippen molar-refractivity contribution in [1.82, 2.24) is 5.32 Å². The molecule has 4 heteroatoms. The maximum Gasteiger partial charge on any atom is 0.0595 e. The average molecular weight is 316 g/mol. The molecule has 1 aliphatic rings. The minimum Gasteiger partial charge on any atom is -0.393 e. The van der Waals surface area contributed by atoms with Crippen molar-refractivity contribution in [2.75, 3.05) is 6.54 Å². The zero-order chi connectivity index (χ0) is 14.5. The van der Waals surface area contributed by atoms with Gasteiger partial charge in [-0.3, -0.25) is 0 Å². The van der Waals surface area contributed by atoms with Crippen molar-refractivity contribution in [2.24, 2.45) is 5.92 Å². The summed E-state index contributed by atoms with van der Waals surface area (Å²) in [5.41, 5.74) is 1.16. The Labute approximate surface area is 131 Å². The van der Waals surface area contributed by atoms with Gasteiger partial charge in [-0.1, -0.05) is 49.0 Å². The van der Waals surface area contributed by atoms with Crippen LogP contribution < -0.4 is 5.32 Å². The van der Waals surface area contributed by atoms with Crippen LogP contribution in [0.4, 0.5) is 0 Å². The van der Waals surface area contributed by atoms with Gasteiger partial charge in [0.2, 0.25) is 0 Å². The molecule has 112 valence electrons. The maximum atomic E-state index is 10.0. The van der Waals surface area contributed by atoms with Gasteiger partial charge >= 0.3 is 0 Å². The zero-order valence-corrected chi connectivity index (χ0v) is 13.4. The van der Waals surface area contributed by atoms with Gasteiger partial charge in [-0.15, -0.1) is 0 Å². The fourth-order valence-electron chi connectivity index (χ4n) is 2.95. The summed E-state index contributed by atoms with van der Waals surface area (Å²) in [6, 6.07) is 6.06. The Bertz CT molecular complexity index is 438. The van der Waals surface area contributed by atoms with Gasteiger partial charge in [-0.05, 0) is 42.9 Å². The summed E-state index contributed by atoms with van der Waals surface area (Å²) < 4.78 is 0. The number of halogens is 2. The Morgan fingerprint density at radius 2 is 2.00 bits per heavy atom. The van der Waals surface area contributed by atoms with E-state index in [2.05, 4.69) is 12.2 Å². The summed E-state index contributed by atoms with van der Waals surface area (Å²) >= 11 is 12.0. The third-order valence-electron chi connectivity index (χ3n) is 4.25. The molecule has 1 fully saturated rings. The first-order chi connectivity index (χ1) is 9.61. The number of aliphatic hydroxyl groups is 1. The van der Waals surface area contributed by atoms with Gasteiger partial charge in [0, 0.05) is 12.6 Å². The molecule has 0 aliphatic heterocycles.